The van der Waals surface area contributed by atoms with Gasteiger partial charge in [0, 0.05) is 32.7 Å². The number of amides is 1. The van der Waals surface area contributed by atoms with E-state index in [1.165, 1.54) is 25.7 Å². The molecule has 1 unspecified atom stereocenters. The summed E-state index contributed by atoms with van der Waals surface area (Å²) in [6.07, 6.45) is 7.85. The quantitative estimate of drug-likeness (QED) is 0.222. The zero-order valence-corrected chi connectivity index (χ0v) is 18.1. The van der Waals surface area contributed by atoms with Crippen LogP contribution in [0.3, 0.4) is 0 Å². The summed E-state index contributed by atoms with van der Waals surface area (Å²) in [5.74, 6) is 1.57. The van der Waals surface area contributed by atoms with Gasteiger partial charge in [-0.3, -0.25) is 9.79 Å². The standard InChI is InChI=1S/C18H34N4O2.HI/c1-3-19-17(22-14-18(2)9-6-12-24-18)21-11-10-20-16(23)13-15-7-4-5-8-15;/h15H,3-14H2,1-2H3,(H,20,23)(H2,19,21,22);1H. The van der Waals surface area contributed by atoms with E-state index in [1.54, 1.807) is 0 Å². The monoisotopic (exact) mass is 466 g/mol. The van der Waals surface area contributed by atoms with Gasteiger partial charge in [0.1, 0.15) is 0 Å². The van der Waals surface area contributed by atoms with E-state index in [0.29, 0.717) is 32.0 Å². The number of hydrogen-bond donors (Lipinski definition) is 3. The second kappa shape index (κ2) is 11.9. The van der Waals surface area contributed by atoms with Gasteiger partial charge < -0.3 is 20.7 Å². The Balaban J connectivity index is 0.00000312. The zero-order valence-electron chi connectivity index (χ0n) is 15.7. The van der Waals surface area contributed by atoms with Gasteiger partial charge in [0.15, 0.2) is 5.96 Å². The minimum Gasteiger partial charge on any atom is -0.373 e. The van der Waals surface area contributed by atoms with Crippen LogP contribution >= 0.6 is 24.0 Å². The van der Waals surface area contributed by atoms with Crippen molar-refractivity contribution in [2.24, 2.45) is 10.9 Å². The number of aliphatic imine (C=N–C) groups is 1. The SMILES string of the molecule is CCNC(=NCC1(C)CCCO1)NCCNC(=O)CC1CCCC1.I. The third kappa shape index (κ3) is 8.57. The smallest absolute Gasteiger partial charge is 0.220 e. The van der Waals surface area contributed by atoms with Gasteiger partial charge in [-0.25, -0.2) is 0 Å². The highest BCUT2D eigenvalue weighted by molar-refractivity contribution is 14.0. The molecule has 6 nitrogen and oxygen atoms in total. The largest absolute Gasteiger partial charge is 0.373 e. The summed E-state index contributed by atoms with van der Waals surface area (Å²) in [5.41, 5.74) is -0.127. The molecule has 1 aliphatic heterocycles. The maximum Gasteiger partial charge on any atom is 0.220 e. The zero-order chi connectivity index (χ0) is 17.3. The van der Waals surface area contributed by atoms with Gasteiger partial charge in [-0.1, -0.05) is 12.8 Å². The molecule has 0 aromatic rings. The molecular weight excluding hydrogens is 431 g/mol. The number of ether oxygens (including phenoxy) is 1. The molecule has 2 fully saturated rings. The first-order valence-electron chi connectivity index (χ1n) is 9.54. The van der Waals surface area contributed by atoms with Crippen molar-refractivity contribution in [1.82, 2.24) is 16.0 Å². The molecule has 2 rings (SSSR count). The molecule has 0 aromatic carbocycles. The first-order valence-corrected chi connectivity index (χ1v) is 9.54. The lowest BCUT2D eigenvalue weighted by atomic mass is 10.0. The summed E-state index contributed by atoms with van der Waals surface area (Å²) in [5, 5.41) is 9.52. The molecule has 0 bridgehead atoms. The minimum atomic E-state index is -0.127. The van der Waals surface area contributed by atoms with E-state index in [2.05, 4.69) is 27.9 Å². The van der Waals surface area contributed by atoms with Gasteiger partial charge in [-0.05, 0) is 45.4 Å². The van der Waals surface area contributed by atoms with E-state index in [4.69, 9.17) is 4.74 Å². The third-order valence-electron chi connectivity index (χ3n) is 4.90. The fraction of sp³-hybridized carbons (Fsp3) is 0.889. The van der Waals surface area contributed by atoms with E-state index in [-0.39, 0.29) is 35.5 Å². The number of nitrogens with one attached hydrogen (secondary N) is 3. The Morgan fingerprint density at radius 1 is 1.16 bits per heavy atom. The number of nitrogens with zero attached hydrogens (tertiary/aromatic N) is 1. The topological polar surface area (TPSA) is 74.8 Å². The van der Waals surface area contributed by atoms with Gasteiger partial charge in [-0.2, -0.15) is 0 Å². The van der Waals surface area contributed by atoms with Crippen LogP contribution in [0.25, 0.3) is 0 Å². The molecule has 0 spiro atoms. The van der Waals surface area contributed by atoms with Crippen LogP contribution in [0.15, 0.2) is 4.99 Å². The molecule has 1 saturated heterocycles. The van der Waals surface area contributed by atoms with Crippen molar-refractivity contribution in [3.63, 3.8) is 0 Å². The van der Waals surface area contributed by atoms with E-state index < -0.39 is 0 Å². The highest BCUT2D eigenvalue weighted by atomic mass is 127. The molecule has 1 saturated carbocycles. The summed E-state index contributed by atoms with van der Waals surface area (Å²) < 4.78 is 5.77. The maximum absolute atomic E-state index is 11.9. The number of carbonyl (C=O) groups excluding carboxylic acids is 1. The Labute approximate surface area is 169 Å². The predicted octanol–water partition coefficient (Wildman–Crippen LogP) is 2.43. The molecule has 0 radical (unpaired) electrons. The predicted molar refractivity (Wildman–Crippen MR) is 113 cm³/mol. The van der Waals surface area contributed by atoms with Gasteiger partial charge >= 0.3 is 0 Å². The fourth-order valence-corrected chi connectivity index (χ4v) is 3.48. The minimum absolute atomic E-state index is 0. The molecular formula is C18H35IN4O2. The van der Waals surface area contributed by atoms with Crippen LogP contribution in [0.5, 0.6) is 0 Å². The van der Waals surface area contributed by atoms with Crippen LogP contribution in [0.2, 0.25) is 0 Å². The highest BCUT2D eigenvalue weighted by Gasteiger charge is 2.29. The lowest BCUT2D eigenvalue weighted by molar-refractivity contribution is -0.121. The molecule has 25 heavy (non-hydrogen) atoms. The number of hydrogen-bond acceptors (Lipinski definition) is 3. The van der Waals surface area contributed by atoms with Crippen molar-refractivity contribution in [3.8, 4) is 0 Å². The lowest BCUT2D eigenvalue weighted by Gasteiger charge is -2.21. The van der Waals surface area contributed by atoms with Crippen LogP contribution in [0.4, 0.5) is 0 Å². The highest BCUT2D eigenvalue weighted by Crippen LogP contribution is 2.27. The Bertz CT molecular complexity index is 419. The lowest BCUT2D eigenvalue weighted by Crippen LogP contribution is -2.42. The van der Waals surface area contributed by atoms with Gasteiger partial charge in [0.25, 0.3) is 0 Å². The van der Waals surface area contributed by atoms with E-state index in [1.807, 2.05) is 6.92 Å². The number of rotatable bonds is 8. The number of guanidine groups is 1. The second-order valence-corrected chi connectivity index (χ2v) is 7.23. The normalized spacial score (nSPS) is 24.0. The molecule has 1 atom stereocenters. The third-order valence-corrected chi connectivity index (χ3v) is 4.90. The van der Waals surface area contributed by atoms with Crippen LogP contribution in [0.1, 0.15) is 58.8 Å². The maximum atomic E-state index is 11.9. The molecule has 7 heteroatoms. The summed E-state index contributed by atoms with van der Waals surface area (Å²) in [6.45, 7) is 7.80. The first kappa shape index (κ1) is 22.5. The molecule has 2 aliphatic rings. The molecule has 3 N–H and O–H groups in total. The average molecular weight is 466 g/mol. The van der Waals surface area contributed by atoms with Crippen molar-refractivity contribution in [1.29, 1.82) is 0 Å². The van der Waals surface area contributed by atoms with E-state index in [9.17, 15) is 4.79 Å². The van der Waals surface area contributed by atoms with Crippen LogP contribution < -0.4 is 16.0 Å². The molecule has 1 heterocycles. The molecule has 1 aliphatic carbocycles. The Morgan fingerprint density at radius 2 is 1.88 bits per heavy atom. The number of halogens is 1. The Morgan fingerprint density at radius 3 is 2.52 bits per heavy atom. The van der Waals surface area contributed by atoms with Crippen molar-refractivity contribution in [3.05, 3.63) is 0 Å². The van der Waals surface area contributed by atoms with Gasteiger partial charge in [0.2, 0.25) is 5.91 Å². The van der Waals surface area contributed by atoms with E-state index in [0.717, 1.165) is 32.0 Å². The first-order chi connectivity index (χ1) is 11.6. The molecule has 0 aromatic heterocycles. The summed E-state index contributed by atoms with van der Waals surface area (Å²) in [6, 6.07) is 0. The van der Waals surface area contributed by atoms with Crippen molar-refractivity contribution < 1.29 is 9.53 Å². The van der Waals surface area contributed by atoms with Crippen molar-refractivity contribution in [2.45, 2.75) is 64.4 Å². The summed E-state index contributed by atoms with van der Waals surface area (Å²) >= 11 is 0. The second-order valence-electron chi connectivity index (χ2n) is 7.23. The van der Waals surface area contributed by atoms with Gasteiger partial charge in [0.05, 0.1) is 12.1 Å². The number of carbonyl (C=O) groups is 1. The Kier molecular flexibility index (Phi) is 10.7. The fourth-order valence-electron chi connectivity index (χ4n) is 3.48. The average Bonchev–Trinajstić information content (AvgIpc) is 3.21. The van der Waals surface area contributed by atoms with Crippen molar-refractivity contribution >= 4 is 35.8 Å². The van der Waals surface area contributed by atoms with Gasteiger partial charge in [-0.15, -0.1) is 24.0 Å². The Hall–Kier alpha value is -0.570. The summed E-state index contributed by atoms with van der Waals surface area (Å²) in [4.78, 5) is 16.5. The molecule has 146 valence electrons. The van der Waals surface area contributed by atoms with Crippen LogP contribution in [-0.2, 0) is 9.53 Å². The van der Waals surface area contributed by atoms with Crippen LogP contribution in [0, 0.1) is 5.92 Å². The summed E-state index contributed by atoms with van der Waals surface area (Å²) in [7, 11) is 0. The van der Waals surface area contributed by atoms with E-state index >= 15 is 0 Å². The van der Waals surface area contributed by atoms with Crippen LogP contribution in [-0.4, -0.2) is 50.3 Å². The molecule has 1 amide bonds. The van der Waals surface area contributed by atoms with Crippen molar-refractivity contribution in [2.75, 3.05) is 32.8 Å².